The smallest absolute Gasteiger partial charge is 0.0473 e. The predicted molar refractivity (Wildman–Crippen MR) is 108 cm³/mol. The average Bonchev–Trinajstić information content (AvgIpc) is 2.92. The van der Waals surface area contributed by atoms with Crippen LogP contribution in [-0.4, -0.2) is 4.57 Å². The summed E-state index contributed by atoms with van der Waals surface area (Å²) in [5.74, 6) is 0.517. The minimum Gasteiger partial charge on any atom is -0.347 e. The van der Waals surface area contributed by atoms with E-state index in [1.807, 2.05) is 6.08 Å². The molecule has 0 bridgehead atoms. The first-order valence-electron chi connectivity index (χ1n) is 8.85. The summed E-state index contributed by atoms with van der Waals surface area (Å²) in [6, 6.07) is 9.03. The molecule has 2 rings (SSSR count). The van der Waals surface area contributed by atoms with Gasteiger partial charge in [0.25, 0.3) is 0 Å². The third-order valence-corrected chi connectivity index (χ3v) is 4.46. The Bertz CT molecular complexity index is 736. The molecule has 0 saturated heterocycles. The lowest BCUT2D eigenvalue weighted by Gasteiger charge is -2.16. The Morgan fingerprint density at radius 2 is 1.83 bits per heavy atom. The van der Waals surface area contributed by atoms with Crippen molar-refractivity contribution in [3.8, 4) is 0 Å². The van der Waals surface area contributed by atoms with Crippen molar-refractivity contribution in [2.45, 2.75) is 59.4 Å². The van der Waals surface area contributed by atoms with Gasteiger partial charge in [-0.3, -0.25) is 0 Å². The van der Waals surface area contributed by atoms with Gasteiger partial charge in [0.05, 0.1) is 0 Å². The lowest BCUT2D eigenvalue weighted by molar-refractivity contribution is 0.588. The van der Waals surface area contributed by atoms with E-state index < -0.39 is 0 Å². The highest BCUT2D eigenvalue weighted by Gasteiger charge is 2.19. The molecule has 1 aromatic heterocycles. The maximum atomic E-state index is 3.92. The molecular weight excluding hydrogens is 290 g/mol. The van der Waals surface area contributed by atoms with E-state index in [1.165, 1.54) is 27.9 Å². The van der Waals surface area contributed by atoms with E-state index in [4.69, 9.17) is 0 Å². The van der Waals surface area contributed by atoms with Gasteiger partial charge < -0.3 is 4.57 Å². The van der Waals surface area contributed by atoms with E-state index >= 15 is 0 Å². The zero-order valence-corrected chi connectivity index (χ0v) is 16.1. The molecule has 0 saturated carbocycles. The first-order valence-corrected chi connectivity index (χ1v) is 8.85. The van der Waals surface area contributed by atoms with Crippen LogP contribution in [0.1, 0.15) is 75.4 Å². The van der Waals surface area contributed by atoms with E-state index in [1.54, 1.807) is 0 Å². The van der Waals surface area contributed by atoms with Crippen LogP contribution in [0.15, 0.2) is 43.1 Å². The maximum Gasteiger partial charge on any atom is 0.0473 e. The summed E-state index contributed by atoms with van der Waals surface area (Å²) in [5, 5.41) is 0. The molecule has 0 radical (unpaired) electrons. The highest BCUT2D eigenvalue weighted by molar-refractivity contribution is 5.65. The summed E-state index contributed by atoms with van der Waals surface area (Å²) in [4.78, 5) is 0. The van der Waals surface area contributed by atoms with Gasteiger partial charge in [-0.1, -0.05) is 71.6 Å². The van der Waals surface area contributed by atoms with Crippen LogP contribution in [0, 0.1) is 0 Å². The van der Waals surface area contributed by atoms with Crippen molar-refractivity contribution in [3.63, 3.8) is 0 Å². The minimum absolute atomic E-state index is 0.178. The van der Waals surface area contributed by atoms with Gasteiger partial charge >= 0.3 is 0 Å². The number of nitrogens with zero attached hydrogens (tertiary/aromatic N) is 1. The summed E-state index contributed by atoms with van der Waals surface area (Å²) in [5.41, 5.74) is 6.73. The molecule has 128 valence electrons. The Hall–Kier alpha value is -2.02. The molecule has 2 aromatic rings. The molecular formula is C23H31N. The van der Waals surface area contributed by atoms with Crippen molar-refractivity contribution in [3.05, 3.63) is 71.1 Å². The third kappa shape index (κ3) is 4.08. The molecule has 1 heteroatoms. The van der Waals surface area contributed by atoms with Crippen LogP contribution >= 0.6 is 0 Å². The van der Waals surface area contributed by atoms with Gasteiger partial charge in [-0.25, -0.2) is 0 Å². The van der Waals surface area contributed by atoms with Gasteiger partial charge in [0.2, 0.25) is 0 Å². The molecule has 0 atom stereocenters. The minimum atomic E-state index is 0.178. The van der Waals surface area contributed by atoms with Crippen LogP contribution in [0.5, 0.6) is 0 Å². The van der Waals surface area contributed by atoms with Crippen molar-refractivity contribution < 1.29 is 0 Å². The highest BCUT2D eigenvalue weighted by Crippen LogP contribution is 2.28. The fourth-order valence-corrected chi connectivity index (χ4v) is 3.00. The van der Waals surface area contributed by atoms with Crippen molar-refractivity contribution in [2.24, 2.45) is 0 Å². The van der Waals surface area contributed by atoms with E-state index in [9.17, 15) is 0 Å². The molecule has 1 heterocycles. The maximum absolute atomic E-state index is 3.92. The van der Waals surface area contributed by atoms with Crippen LogP contribution in [0.3, 0.4) is 0 Å². The van der Waals surface area contributed by atoms with Crippen molar-refractivity contribution in [1.82, 2.24) is 4.57 Å². The molecule has 0 unspecified atom stereocenters. The van der Waals surface area contributed by atoms with E-state index in [2.05, 4.69) is 95.3 Å². The van der Waals surface area contributed by atoms with Crippen molar-refractivity contribution in [1.29, 1.82) is 0 Å². The molecule has 0 fully saturated rings. The Labute approximate surface area is 147 Å². The van der Waals surface area contributed by atoms with E-state index in [0.29, 0.717) is 5.92 Å². The second-order valence-electron chi connectivity index (χ2n) is 7.85. The summed E-state index contributed by atoms with van der Waals surface area (Å²) < 4.78 is 2.41. The fraction of sp³-hybridized carbons (Fsp3) is 0.391. The zero-order valence-electron chi connectivity index (χ0n) is 16.1. The average molecular weight is 322 g/mol. The number of benzene rings is 1. The van der Waals surface area contributed by atoms with Crippen molar-refractivity contribution in [2.75, 3.05) is 0 Å². The Balaban J connectivity index is 2.42. The Morgan fingerprint density at radius 3 is 2.38 bits per heavy atom. The van der Waals surface area contributed by atoms with Gasteiger partial charge in [-0.2, -0.15) is 0 Å². The van der Waals surface area contributed by atoms with Gasteiger partial charge in [0, 0.05) is 18.4 Å². The van der Waals surface area contributed by atoms with Crippen LogP contribution in [0.4, 0.5) is 0 Å². The Kier molecular flexibility index (Phi) is 5.54. The number of allylic oxidation sites excluding steroid dienone is 1. The molecule has 0 aliphatic heterocycles. The first kappa shape index (κ1) is 18.3. The number of aromatic nitrogens is 1. The fourth-order valence-electron chi connectivity index (χ4n) is 3.00. The number of hydrogen-bond acceptors (Lipinski definition) is 0. The molecule has 1 nitrogen and oxygen atoms in total. The molecule has 0 aliphatic carbocycles. The van der Waals surface area contributed by atoms with Crippen LogP contribution < -0.4 is 0 Å². The lowest BCUT2D eigenvalue weighted by Crippen LogP contribution is -2.09. The van der Waals surface area contributed by atoms with Gasteiger partial charge in [-0.15, -0.1) is 0 Å². The second kappa shape index (κ2) is 7.25. The zero-order chi connectivity index (χ0) is 17.9. The summed E-state index contributed by atoms with van der Waals surface area (Å²) >= 11 is 0. The molecule has 0 N–H and O–H groups in total. The number of rotatable bonds is 5. The summed E-state index contributed by atoms with van der Waals surface area (Å²) in [6.07, 6.45) is 8.48. The van der Waals surface area contributed by atoms with E-state index in [-0.39, 0.29) is 5.41 Å². The monoisotopic (exact) mass is 321 g/mol. The molecule has 0 amide bonds. The van der Waals surface area contributed by atoms with Crippen LogP contribution in [0.25, 0.3) is 12.2 Å². The largest absolute Gasteiger partial charge is 0.347 e. The molecule has 1 aromatic carbocycles. The van der Waals surface area contributed by atoms with Gasteiger partial charge in [0.15, 0.2) is 0 Å². The molecule has 0 aliphatic rings. The highest BCUT2D eigenvalue weighted by atomic mass is 15.0. The normalized spacial score (nSPS) is 12.3. The summed E-state index contributed by atoms with van der Waals surface area (Å²) in [6.45, 7) is 18.2. The quantitative estimate of drug-likeness (QED) is 0.582. The van der Waals surface area contributed by atoms with Crippen LogP contribution in [-0.2, 0) is 12.0 Å². The topological polar surface area (TPSA) is 4.93 Å². The second-order valence-corrected chi connectivity index (χ2v) is 7.85. The Morgan fingerprint density at radius 1 is 1.12 bits per heavy atom. The van der Waals surface area contributed by atoms with Gasteiger partial charge in [0.1, 0.15) is 0 Å². The van der Waals surface area contributed by atoms with Gasteiger partial charge in [-0.05, 0) is 52.6 Å². The lowest BCUT2D eigenvalue weighted by atomic mass is 9.89. The first-order chi connectivity index (χ1) is 11.3. The SMILES string of the molecule is C=Cc1ccc(Cn2cc(C(C)(C)C)cc2C(C)C)cc1/C=C\C. The standard InChI is InChI=1S/C23H31N/c1-8-10-20-13-18(11-12-19(20)9-2)15-24-16-21(23(5,6)7)14-22(24)17(3)4/h8-14,16-17H,2,15H2,1,3-7H3/b10-8-. The molecule has 24 heavy (non-hydrogen) atoms. The summed E-state index contributed by atoms with van der Waals surface area (Å²) in [7, 11) is 0. The predicted octanol–water partition coefficient (Wildman–Crippen LogP) is 6.63. The van der Waals surface area contributed by atoms with E-state index in [0.717, 1.165) is 6.54 Å². The number of hydrogen-bond donors (Lipinski definition) is 0. The third-order valence-electron chi connectivity index (χ3n) is 4.46. The van der Waals surface area contributed by atoms with Crippen LogP contribution in [0.2, 0.25) is 0 Å². The molecule has 0 spiro atoms. The van der Waals surface area contributed by atoms with Crippen molar-refractivity contribution >= 4 is 12.2 Å².